The fourth-order valence-corrected chi connectivity index (χ4v) is 2.69. The summed E-state index contributed by atoms with van der Waals surface area (Å²) in [4.78, 5) is 28.9. The molecule has 1 aromatic rings. The number of nitrogens with zero attached hydrogens (tertiary/aromatic N) is 2. The van der Waals surface area contributed by atoms with E-state index in [4.69, 9.17) is 4.74 Å². The molecule has 0 unspecified atom stereocenters. The van der Waals surface area contributed by atoms with Crippen LogP contribution in [0.15, 0.2) is 5.38 Å². The second-order valence-electron chi connectivity index (χ2n) is 5.71. The first-order chi connectivity index (χ1) is 8.76. The number of likely N-dealkylation sites (tertiary alicyclic amines) is 1. The average molecular weight is 282 g/mol. The monoisotopic (exact) mass is 282 g/mol. The fraction of sp³-hybridized carbons (Fsp3) is 0.615. The Bertz CT molecular complexity index is 498. The van der Waals surface area contributed by atoms with E-state index in [0.29, 0.717) is 18.8 Å². The molecular weight excluding hydrogens is 264 g/mol. The van der Waals surface area contributed by atoms with E-state index < -0.39 is 5.60 Å². The number of hydrogen-bond donors (Lipinski definition) is 0. The Hall–Kier alpha value is -1.43. The molecule has 0 saturated carbocycles. The smallest absolute Gasteiger partial charge is 0.410 e. The number of hydrogen-bond acceptors (Lipinski definition) is 5. The van der Waals surface area contributed by atoms with Gasteiger partial charge < -0.3 is 9.64 Å². The van der Waals surface area contributed by atoms with Crippen molar-refractivity contribution in [1.82, 2.24) is 9.88 Å². The number of carbonyl (C=O) groups is 2. The van der Waals surface area contributed by atoms with Gasteiger partial charge in [0.1, 0.15) is 16.3 Å². The zero-order valence-electron chi connectivity index (χ0n) is 11.6. The van der Waals surface area contributed by atoms with Gasteiger partial charge in [-0.05, 0) is 20.8 Å². The molecular formula is C13H18N2O3S. The van der Waals surface area contributed by atoms with Crippen molar-refractivity contribution in [3.63, 3.8) is 0 Å². The Morgan fingerprint density at radius 3 is 2.53 bits per heavy atom. The Morgan fingerprint density at radius 2 is 2.05 bits per heavy atom. The zero-order valence-corrected chi connectivity index (χ0v) is 12.4. The van der Waals surface area contributed by atoms with Crippen molar-refractivity contribution >= 4 is 23.2 Å². The van der Waals surface area contributed by atoms with Crippen LogP contribution in [0, 0.1) is 0 Å². The molecule has 0 bridgehead atoms. The molecule has 1 aliphatic rings. The molecule has 0 radical (unpaired) electrons. The number of rotatable bonds is 2. The highest BCUT2D eigenvalue weighted by molar-refractivity contribution is 7.10. The summed E-state index contributed by atoms with van der Waals surface area (Å²) in [7, 11) is 0. The predicted molar refractivity (Wildman–Crippen MR) is 72.7 cm³/mol. The summed E-state index contributed by atoms with van der Waals surface area (Å²) in [5, 5.41) is 2.69. The van der Waals surface area contributed by atoms with Crippen LogP contribution in [0.25, 0.3) is 0 Å². The molecule has 19 heavy (non-hydrogen) atoms. The van der Waals surface area contributed by atoms with Crippen molar-refractivity contribution in [2.75, 3.05) is 13.1 Å². The lowest BCUT2D eigenvalue weighted by atomic mass is 10.0. The van der Waals surface area contributed by atoms with Crippen molar-refractivity contribution in [2.24, 2.45) is 0 Å². The van der Waals surface area contributed by atoms with Crippen LogP contribution in [-0.2, 0) is 4.74 Å². The predicted octanol–water partition coefficient (Wildman–Crippen LogP) is 2.68. The van der Waals surface area contributed by atoms with Gasteiger partial charge in [-0.25, -0.2) is 9.78 Å². The molecule has 0 spiro atoms. The number of aromatic nitrogens is 1. The highest BCUT2D eigenvalue weighted by Crippen LogP contribution is 2.30. The molecule has 0 N–H and O–H groups in total. The summed E-state index contributed by atoms with van der Waals surface area (Å²) in [6, 6.07) is 0. The van der Waals surface area contributed by atoms with Crippen molar-refractivity contribution in [1.29, 1.82) is 0 Å². The number of ether oxygens (including phenoxy) is 1. The number of ketones is 1. The van der Waals surface area contributed by atoms with Crippen LogP contribution in [0.1, 0.15) is 49.1 Å². The van der Waals surface area contributed by atoms with E-state index in [1.807, 2.05) is 20.8 Å². The van der Waals surface area contributed by atoms with Crippen LogP contribution in [0.2, 0.25) is 0 Å². The minimum absolute atomic E-state index is 0.0224. The summed E-state index contributed by atoms with van der Waals surface area (Å²) >= 11 is 1.48. The standard InChI is InChI=1S/C13H18N2O3S/c1-8(16)10-7-19-11(14-10)9-5-15(6-9)12(17)18-13(2,3)4/h7,9H,5-6H2,1-4H3. The first-order valence-corrected chi connectivity index (χ1v) is 7.08. The molecule has 1 saturated heterocycles. The molecule has 6 heteroatoms. The summed E-state index contributed by atoms with van der Waals surface area (Å²) in [5.41, 5.74) is 0.0428. The first-order valence-electron chi connectivity index (χ1n) is 6.20. The number of amides is 1. The number of thiazole rings is 1. The fourth-order valence-electron chi connectivity index (χ4n) is 1.75. The van der Waals surface area contributed by atoms with Crippen LogP contribution in [0.5, 0.6) is 0 Å². The van der Waals surface area contributed by atoms with Gasteiger partial charge in [0.25, 0.3) is 0 Å². The third-order valence-electron chi connectivity index (χ3n) is 2.77. The van der Waals surface area contributed by atoms with Gasteiger partial charge in [0, 0.05) is 31.3 Å². The Balaban J connectivity index is 1.89. The summed E-state index contributed by atoms with van der Waals surface area (Å²) in [6.07, 6.45) is -0.285. The minimum atomic E-state index is -0.467. The van der Waals surface area contributed by atoms with E-state index in [-0.39, 0.29) is 17.8 Å². The first kappa shape index (κ1) is 14.0. The lowest BCUT2D eigenvalue weighted by Crippen LogP contribution is -2.50. The Kier molecular flexibility index (Phi) is 3.62. The zero-order chi connectivity index (χ0) is 14.2. The summed E-state index contributed by atoms with van der Waals surface area (Å²) < 4.78 is 5.29. The van der Waals surface area contributed by atoms with E-state index in [2.05, 4.69) is 4.98 Å². The van der Waals surface area contributed by atoms with Crippen LogP contribution >= 0.6 is 11.3 Å². The second kappa shape index (κ2) is 4.92. The maximum Gasteiger partial charge on any atom is 0.410 e. The normalized spacial score (nSPS) is 16.1. The van der Waals surface area contributed by atoms with Crippen LogP contribution in [0.4, 0.5) is 4.79 Å². The van der Waals surface area contributed by atoms with Crippen molar-refractivity contribution in [3.8, 4) is 0 Å². The van der Waals surface area contributed by atoms with Gasteiger partial charge in [-0.3, -0.25) is 4.79 Å². The van der Waals surface area contributed by atoms with Crippen LogP contribution < -0.4 is 0 Å². The molecule has 104 valence electrons. The highest BCUT2D eigenvalue weighted by atomic mass is 32.1. The largest absolute Gasteiger partial charge is 0.444 e. The van der Waals surface area contributed by atoms with E-state index in [0.717, 1.165) is 5.01 Å². The van der Waals surface area contributed by atoms with E-state index in [9.17, 15) is 9.59 Å². The van der Waals surface area contributed by atoms with Gasteiger partial charge in [0.15, 0.2) is 5.78 Å². The van der Waals surface area contributed by atoms with Gasteiger partial charge in [0.05, 0.1) is 0 Å². The molecule has 2 heterocycles. The summed E-state index contributed by atoms with van der Waals surface area (Å²) in [6.45, 7) is 8.28. The molecule has 0 aliphatic carbocycles. The quantitative estimate of drug-likeness (QED) is 0.782. The number of Topliss-reactive ketones (excluding diaryl/α,β-unsaturated/α-hetero) is 1. The third kappa shape index (κ3) is 3.32. The topological polar surface area (TPSA) is 59.5 Å². The van der Waals surface area contributed by atoms with Crippen molar-refractivity contribution < 1.29 is 14.3 Å². The SMILES string of the molecule is CC(=O)c1csc(C2CN(C(=O)OC(C)(C)C)C2)n1. The van der Waals surface area contributed by atoms with E-state index in [1.54, 1.807) is 10.3 Å². The van der Waals surface area contributed by atoms with E-state index >= 15 is 0 Å². The van der Waals surface area contributed by atoms with Gasteiger partial charge >= 0.3 is 6.09 Å². The maximum atomic E-state index is 11.8. The lowest BCUT2D eigenvalue weighted by molar-refractivity contribution is 0.00815. The molecule has 5 nitrogen and oxygen atoms in total. The minimum Gasteiger partial charge on any atom is -0.444 e. The Morgan fingerprint density at radius 1 is 1.42 bits per heavy atom. The van der Waals surface area contributed by atoms with Crippen molar-refractivity contribution in [3.05, 3.63) is 16.1 Å². The van der Waals surface area contributed by atoms with Crippen LogP contribution in [0.3, 0.4) is 0 Å². The maximum absolute atomic E-state index is 11.8. The van der Waals surface area contributed by atoms with Crippen LogP contribution in [-0.4, -0.2) is 40.5 Å². The van der Waals surface area contributed by atoms with Gasteiger partial charge in [-0.15, -0.1) is 11.3 Å². The van der Waals surface area contributed by atoms with E-state index in [1.165, 1.54) is 18.3 Å². The van der Waals surface area contributed by atoms with Gasteiger partial charge in [-0.1, -0.05) is 0 Å². The average Bonchev–Trinajstić information content (AvgIpc) is 2.61. The summed E-state index contributed by atoms with van der Waals surface area (Å²) in [5.74, 6) is 0.205. The van der Waals surface area contributed by atoms with Gasteiger partial charge in [0.2, 0.25) is 0 Å². The molecule has 0 atom stereocenters. The second-order valence-corrected chi connectivity index (χ2v) is 6.60. The molecule has 1 fully saturated rings. The molecule has 1 aliphatic heterocycles. The Labute approximate surface area is 116 Å². The third-order valence-corrected chi connectivity index (χ3v) is 3.77. The lowest BCUT2D eigenvalue weighted by Gasteiger charge is -2.38. The molecule has 1 aromatic heterocycles. The highest BCUT2D eigenvalue weighted by Gasteiger charge is 2.36. The van der Waals surface area contributed by atoms with Crippen molar-refractivity contribution in [2.45, 2.75) is 39.2 Å². The molecule has 2 rings (SSSR count). The molecule has 1 amide bonds. The van der Waals surface area contributed by atoms with Gasteiger partial charge in [-0.2, -0.15) is 0 Å². The number of carbonyl (C=O) groups excluding carboxylic acids is 2. The molecule has 0 aromatic carbocycles.